The van der Waals surface area contributed by atoms with Gasteiger partial charge >= 0.3 is 0 Å². The lowest BCUT2D eigenvalue weighted by Crippen LogP contribution is -2.57. The van der Waals surface area contributed by atoms with Crippen LogP contribution in [0.3, 0.4) is 0 Å². The maximum absolute atomic E-state index is 12.6. The second-order valence-corrected chi connectivity index (χ2v) is 7.32. The van der Waals surface area contributed by atoms with Crippen molar-refractivity contribution in [2.75, 3.05) is 52.4 Å². The third-order valence-electron chi connectivity index (χ3n) is 4.88. The minimum absolute atomic E-state index is 0. The number of halogens is 1. The lowest BCUT2D eigenvalue weighted by molar-refractivity contribution is -0.135. The molecule has 0 saturated carbocycles. The summed E-state index contributed by atoms with van der Waals surface area (Å²) in [5.41, 5.74) is 0. The van der Waals surface area contributed by atoms with Crippen LogP contribution in [0.25, 0.3) is 0 Å². The summed E-state index contributed by atoms with van der Waals surface area (Å²) in [6.45, 7) is 15.9. The van der Waals surface area contributed by atoms with Crippen molar-refractivity contribution < 1.29 is 4.79 Å². The molecule has 0 aliphatic carbocycles. The number of carbonyl (C=O) groups excluding carboxylic acids is 1. The van der Waals surface area contributed by atoms with Gasteiger partial charge in [-0.25, -0.2) is 0 Å². The van der Waals surface area contributed by atoms with Gasteiger partial charge in [0.05, 0.1) is 6.04 Å². The van der Waals surface area contributed by atoms with Crippen molar-refractivity contribution in [1.82, 2.24) is 20.0 Å². The SMILES string of the molecule is CCNC(=NCC(C)C)N1CCN(C(C)C(=O)N2CCCC2)CC1.I. The fourth-order valence-corrected chi connectivity index (χ4v) is 3.37. The Bertz CT molecular complexity index is 429. The molecule has 0 radical (unpaired) electrons. The molecule has 2 aliphatic heterocycles. The molecule has 1 amide bonds. The Morgan fingerprint density at radius 3 is 2.12 bits per heavy atom. The van der Waals surface area contributed by atoms with Crippen LogP contribution < -0.4 is 5.32 Å². The number of nitrogens with one attached hydrogen (secondary N) is 1. The molecule has 1 N–H and O–H groups in total. The van der Waals surface area contributed by atoms with Crippen molar-refractivity contribution in [3.8, 4) is 0 Å². The second-order valence-electron chi connectivity index (χ2n) is 7.32. The van der Waals surface area contributed by atoms with E-state index in [2.05, 4.69) is 42.8 Å². The Labute approximate surface area is 170 Å². The van der Waals surface area contributed by atoms with Crippen molar-refractivity contribution in [3.63, 3.8) is 0 Å². The van der Waals surface area contributed by atoms with Gasteiger partial charge in [0.1, 0.15) is 0 Å². The highest BCUT2D eigenvalue weighted by Crippen LogP contribution is 2.14. The molecule has 25 heavy (non-hydrogen) atoms. The second kappa shape index (κ2) is 11.2. The van der Waals surface area contributed by atoms with Gasteiger partial charge in [0, 0.05) is 52.4 Å². The minimum Gasteiger partial charge on any atom is -0.357 e. The highest BCUT2D eigenvalue weighted by Gasteiger charge is 2.30. The molecule has 0 spiro atoms. The summed E-state index contributed by atoms with van der Waals surface area (Å²) in [4.78, 5) is 24.0. The van der Waals surface area contributed by atoms with Gasteiger partial charge in [0.25, 0.3) is 0 Å². The third kappa shape index (κ3) is 6.58. The van der Waals surface area contributed by atoms with E-state index in [4.69, 9.17) is 4.99 Å². The molecule has 2 aliphatic rings. The molecule has 0 aromatic carbocycles. The van der Waals surface area contributed by atoms with Crippen LogP contribution in [0.2, 0.25) is 0 Å². The van der Waals surface area contributed by atoms with E-state index in [1.165, 1.54) is 0 Å². The zero-order valence-electron chi connectivity index (χ0n) is 16.3. The average molecular weight is 465 g/mol. The normalized spacial score (nSPS) is 20.6. The maximum atomic E-state index is 12.6. The van der Waals surface area contributed by atoms with Crippen LogP contribution in [0.4, 0.5) is 0 Å². The molecule has 2 rings (SSSR count). The fraction of sp³-hybridized carbons (Fsp3) is 0.889. The molecule has 0 aromatic heterocycles. The molecular formula is C18H36IN5O. The van der Waals surface area contributed by atoms with Gasteiger partial charge in [0.15, 0.2) is 5.96 Å². The Hall–Kier alpha value is -0.570. The van der Waals surface area contributed by atoms with E-state index in [1.54, 1.807) is 0 Å². The van der Waals surface area contributed by atoms with Crippen molar-refractivity contribution in [2.24, 2.45) is 10.9 Å². The van der Waals surface area contributed by atoms with Crippen LogP contribution in [-0.4, -0.2) is 85.0 Å². The molecule has 146 valence electrons. The number of aliphatic imine (C=N–C) groups is 1. The molecular weight excluding hydrogens is 429 g/mol. The van der Waals surface area contributed by atoms with Crippen LogP contribution in [0.1, 0.15) is 40.5 Å². The first-order valence-electron chi connectivity index (χ1n) is 9.59. The van der Waals surface area contributed by atoms with Crippen LogP contribution in [0.5, 0.6) is 0 Å². The van der Waals surface area contributed by atoms with Crippen LogP contribution in [0, 0.1) is 5.92 Å². The zero-order chi connectivity index (χ0) is 17.5. The van der Waals surface area contributed by atoms with Gasteiger partial charge in [-0.2, -0.15) is 0 Å². The first-order valence-corrected chi connectivity index (χ1v) is 9.59. The molecule has 1 unspecified atom stereocenters. The zero-order valence-corrected chi connectivity index (χ0v) is 18.7. The van der Waals surface area contributed by atoms with E-state index in [1.807, 2.05) is 4.90 Å². The Morgan fingerprint density at radius 1 is 1.00 bits per heavy atom. The average Bonchev–Trinajstić information content (AvgIpc) is 3.12. The molecule has 6 nitrogen and oxygen atoms in total. The highest BCUT2D eigenvalue weighted by atomic mass is 127. The largest absolute Gasteiger partial charge is 0.357 e. The fourth-order valence-electron chi connectivity index (χ4n) is 3.37. The first-order chi connectivity index (χ1) is 11.5. The van der Waals surface area contributed by atoms with Crippen LogP contribution in [0.15, 0.2) is 4.99 Å². The Kier molecular flexibility index (Phi) is 10.1. The Balaban J connectivity index is 0.00000312. The summed E-state index contributed by atoms with van der Waals surface area (Å²) in [6, 6.07) is 0.000405. The predicted octanol–water partition coefficient (Wildman–Crippen LogP) is 1.85. The molecule has 0 aromatic rings. The lowest BCUT2D eigenvalue weighted by atomic mass is 10.2. The molecule has 2 saturated heterocycles. The summed E-state index contributed by atoms with van der Waals surface area (Å²) >= 11 is 0. The van der Waals surface area contributed by atoms with Crippen molar-refractivity contribution >= 4 is 35.8 Å². The van der Waals surface area contributed by atoms with E-state index in [-0.39, 0.29) is 30.0 Å². The predicted molar refractivity (Wildman–Crippen MR) is 115 cm³/mol. The smallest absolute Gasteiger partial charge is 0.239 e. The minimum atomic E-state index is 0. The number of carbonyl (C=O) groups is 1. The van der Waals surface area contributed by atoms with Gasteiger partial charge < -0.3 is 15.1 Å². The highest BCUT2D eigenvalue weighted by molar-refractivity contribution is 14.0. The number of guanidine groups is 1. The van der Waals surface area contributed by atoms with Gasteiger partial charge in [0.2, 0.25) is 5.91 Å². The maximum Gasteiger partial charge on any atom is 0.239 e. The first kappa shape index (κ1) is 22.5. The summed E-state index contributed by atoms with van der Waals surface area (Å²) in [5.74, 6) is 1.89. The van der Waals surface area contributed by atoms with Gasteiger partial charge in [-0.15, -0.1) is 24.0 Å². The van der Waals surface area contributed by atoms with Gasteiger partial charge in [-0.05, 0) is 32.6 Å². The lowest BCUT2D eigenvalue weighted by Gasteiger charge is -2.39. The number of hydrogen-bond acceptors (Lipinski definition) is 3. The molecule has 1 atom stereocenters. The third-order valence-corrected chi connectivity index (χ3v) is 4.88. The monoisotopic (exact) mass is 465 g/mol. The quantitative estimate of drug-likeness (QED) is 0.383. The van der Waals surface area contributed by atoms with E-state index < -0.39 is 0 Å². The van der Waals surface area contributed by atoms with Crippen LogP contribution >= 0.6 is 24.0 Å². The van der Waals surface area contributed by atoms with Gasteiger partial charge in [-0.3, -0.25) is 14.7 Å². The number of nitrogens with zero attached hydrogens (tertiary/aromatic N) is 4. The molecule has 7 heteroatoms. The van der Waals surface area contributed by atoms with E-state index in [0.29, 0.717) is 11.8 Å². The summed E-state index contributed by atoms with van der Waals surface area (Å²) in [7, 11) is 0. The Morgan fingerprint density at radius 2 is 1.60 bits per heavy atom. The van der Waals surface area contributed by atoms with Crippen LogP contribution in [-0.2, 0) is 4.79 Å². The molecule has 0 bridgehead atoms. The van der Waals surface area contributed by atoms with E-state index in [9.17, 15) is 4.79 Å². The summed E-state index contributed by atoms with van der Waals surface area (Å²) in [6.07, 6.45) is 2.31. The number of hydrogen-bond donors (Lipinski definition) is 1. The number of amides is 1. The summed E-state index contributed by atoms with van der Waals surface area (Å²) < 4.78 is 0. The number of likely N-dealkylation sites (tertiary alicyclic amines) is 1. The summed E-state index contributed by atoms with van der Waals surface area (Å²) in [5, 5.41) is 3.40. The van der Waals surface area contributed by atoms with Crippen molar-refractivity contribution in [1.29, 1.82) is 0 Å². The van der Waals surface area contributed by atoms with Crippen molar-refractivity contribution in [2.45, 2.75) is 46.6 Å². The molecule has 2 fully saturated rings. The molecule has 2 heterocycles. The number of rotatable bonds is 5. The number of piperazine rings is 1. The standard InChI is InChI=1S/C18H35N5O.HI/c1-5-19-18(20-14-15(2)3)23-12-10-21(11-13-23)16(4)17(24)22-8-6-7-9-22;/h15-16H,5-14H2,1-4H3,(H,19,20);1H. The van der Waals surface area contributed by atoms with E-state index >= 15 is 0 Å². The van der Waals surface area contributed by atoms with Gasteiger partial charge in [-0.1, -0.05) is 13.8 Å². The van der Waals surface area contributed by atoms with Crippen molar-refractivity contribution in [3.05, 3.63) is 0 Å². The topological polar surface area (TPSA) is 51.2 Å². The van der Waals surface area contributed by atoms with E-state index in [0.717, 1.165) is 71.2 Å².